The summed E-state index contributed by atoms with van der Waals surface area (Å²) in [5.74, 6) is 0.983. The molecule has 0 aliphatic heterocycles. The van der Waals surface area contributed by atoms with Crippen LogP contribution in [0.5, 0.6) is 0 Å². The molecule has 0 N–H and O–H groups in total. The lowest BCUT2D eigenvalue weighted by Crippen LogP contribution is -2.25. The zero-order valence-corrected chi connectivity index (χ0v) is 34.1. The summed E-state index contributed by atoms with van der Waals surface area (Å²) < 4.78 is 11.6. The first-order valence-corrected chi connectivity index (χ1v) is 22.0. The largest absolute Gasteiger partial charge is 0.465 e. The van der Waals surface area contributed by atoms with E-state index in [1.165, 1.54) is 134 Å². The van der Waals surface area contributed by atoms with Crippen molar-refractivity contribution in [3.63, 3.8) is 0 Å². The van der Waals surface area contributed by atoms with E-state index >= 15 is 0 Å². The molecular formula is C45H82N2O4. The van der Waals surface area contributed by atoms with Gasteiger partial charge in [-0.1, -0.05) is 143 Å². The molecule has 0 unspecified atom stereocenters. The monoisotopic (exact) mass is 715 g/mol. The second-order valence-electron chi connectivity index (χ2n) is 15.3. The third kappa shape index (κ3) is 28.1. The summed E-state index contributed by atoms with van der Waals surface area (Å²) in [4.78, 5) is 31.8. The number of unbranched alkanes of at least 4 members (excludes halogenated alkanes) is 16. The summed E-state index contributed by atoms with van der Waals surface area (Å²) >= 11 is 0. The first-order chi connectivity index (χ1) is 25.0. The highest BCUT2D eigenvalue weighted by Crippen LogP contribution is 2.21. The molecule has 0 spiro atoms. The summed E-state index contributed by atoms with van der Waals surface area (Å²) in [6.45, 7) is 12.1. The standard InChI is InChI=1S/C45H82N2O4/c1-5-9-13-19-27-41(28-20-14-10-6-2)39-50-44(48)31-23-17-25-37-47(43-33-35-46-36-34-43)38-26-18-24-32-45(49)51-40-42(29-21-15-11-7-3)30-22-16-12-8-4/h33-36,41-42H,5-32,37-40H2,1-4H3. The van der Waals surface area contributed by atoms with Crippen LogP contribution < -0.4 is 4.90 Å². The van der Waals surface area contributed by atoms with E-state index in [0.29, 0.717) is 37.9 Å². The van der Waals surface area contributed by atoms with Crippen molar-refractivity contribution in [2.45, 2.75) is 207 Å². The van der Waals surface area contributed by atoms with Crippen LogP contribution in [-0.2, 0) is 19.1 Å². The lowest BCUT2D eigenvalue weighted by atomic mass is 9.95. The molecule has 296 valence electrons. The van der Waals surface area contributed by atoms with Crippen LogP contribution in [0.1, 0.15) is 207 Å². The molecule has 0 amide bonds. The smallest absolute Gasteiger partial charge is 0.305 e. The molecule has 1 aromatic rings. The van der Waals surface area contributed by atoms with Gasteiger partial charge in [-0.15, -0.1) is 0 Å². The van der Waals surface area contributed by atoms with Gasteiger partial charge in [0.15, 0.2) is 0 Å². The predicted molar refractivity (Wildman–Crippen MR) is 217 cm³/mol. The molecule has 0 fully saturated rings. The van der Waals surface area contributed by atoms with Crippen LogP contribution in [0, 0.1) is 11.8 Å². The Kier molecular flexibility index (Phi) is 32.1. The Morgan fingerprint density at radius 1 is 0.510 bits per heavy atom. The van der Waals surface area contributed by atoms with Gasteiger partial charge < -0.3 is 14.4 Å². The molecule has 0 radical (unpaired) electrons. The van der Waals surface area contributed by atoms with E-state index in [9.17, 15) is 9.59 Å². The van der Waals surface area contributed by atoms with Crippen molar-refractivity contribution in [2.75, 3.05) is 31.2 Å². The zero-order chi connectivity index (χ0) is 37.0. The molecule has 0 aromatic carbocycles. The number of esters is 2. The number of rotatable bonds is 37. The minimum Gasteiger partial charge on any atom is -0.465 e. The number of anilines is 1. The molecule has 1 aromatic heterocycles. The third-order valence-corrected chi connectivity index (χ3v) is 10.5. The Bertz CT molecular complexity index is 833. The number of aromatic nitrogens is 1. The van der Waals surface area contributed by atoms with Gasteiger partial charge in [0.2, 0.25) is 0 Å². The first kappa shape index (κ1) is 46.9. The molecular weight excluding hydrogens is 633 g/mol. The molecule has 51 heavy (non-hydrogen) atoms. The maximum Gasteiger partial charge on any atom is 0.305 e. The van der Waals surface area contributed by atoms with Gasteiger partial charge in [-0.2, -0.15) is 0 Å². The summed E-state index contributed by atoms with van der Waals surface area (Å²) in [6, 6.07) is 4.16. The van der Waals surface area contributed by atoms with Crippen molar-refractivity contribution in [1.82, 2.24) is 4.98 Å². The maximum absolute atomic E-state index is 12.6. The maximum atomic E-state index is 12.6. The van der Waals surface area contributed by atoms with Gasteiger partial charge in [-0.25, -0.2) is 0 Å². The van der Waals surface area contributed by atoms with Gasteiger partial charge in [0.05, 0.1) is 13.2 Å². The number of carbonyl (C=O) groups is 2. The first-order valence-electron chi connectivity index (χ1n) is 22.0. The predicted octanol–water partition coefficient (Wildman–Crippen LogP) is 13.2. The van der Waals surface area contributed by atoms with Crippen LogP contribution in [0.3, 0.4) is 0 Å². The molecule has 1 heterocycles. The third-order valence-electron chi connectivity index (χ3n) is 10.5. The average Bonchev–Trinajstić information content (AvgIpc) is 3.14. The van der Waals surface area contributed by atoms with Crippen molar-refractivity contribution in [2.24, 2.45) is 11.8 Å². The second kappa shape index (κ2) is 34.9. The average molecular weight is 715 g/mol. The molecule has 0 aliphatic rings. The summed E-state index contributed by atoms with van der Waals surface area (Å²) in [7, 11) is 0. The van der Waals surface area contributed by atoms with Gasteiger partial charge >= 0.3 is 11.9 Å². The Hall–Kier alpha value is -2.11. The number of nitrogens with zero attached hydrogens (tertiary/aromatic N) is 2. The van der Waals surface area contributed by atoms with Crippen LogP contribution in [0.15, 0.2) is 24.5 Å². The minimum atomic E-state index is -0.0268. The molecule has 6 nitrogen and oxygen atoms in total. The Labute approximate surface area is 316 Å². The lowest BCUT2D eigenvalue weighted by molar-refractivity contribution is -0.146. The van der Waals surface area contributed by atoms with E-state index in [1.807, 2.05) is 12.4 Å². The van der Waals surface area contributed by atoms with E-state index < -0.39 is 0 Å². The van der Waals surface area contributed by atoms with E-state index in [4.69, 9.17) is 9.47 Å². The fourth-order valence-corrected chi connectivity index (χ4v) is 7.05. The highest BCUT2D eigenvalue weighted by molar-refractivity contribution is 5.69. The molecule has 6 heteroatoms. The molecule has 0 atom stereocenters. The normalized spacial score (nSPS) is 11.4. The molecule has 0 aliphatic carbocycles. The Morgan fingerprint density at radius 3 is 1.22 bits per heavy atom. The van der Waals surface area contributed by atoms with Gasteiger partial charge in [0, 0.05) is 44.0 Å². The summed E-state index contributed by atoms with van der Waals surface area (Å²) in [5, 5.41) is 0. The lowest BCUT2D eigenvalue weighted by Gasteiger charge is -2.25. The van der Waals surface area contributed by atoms with Crippen LogP contribution in [0.4, 0.5) is 5.69 Å². The number of pyridine rings is 1. The van der Waals surface area contributed by atoms with Crippen molar-refractivity contribution in [3.8, 4) is 0 Å². The molecule has 0 bridgehead atoms. The number of hydrogen-bond donors (Lipinski definition) is 0. The highest BCUT2D eigenvalue weighted by atomic mass is 16.5. The van der Waals surface area contributed by atoms with E-state index in [0.717, 1.165) is 51.6 Å². The van der Waals surface area contributed by atoms with Gasteiger partial charge in [0.1, 0.15) is 0 Å². The molecule has 1 rings (SSSR count). The summed E-state index contributed by atoms with van der Waals surface area (Å²) in [5.41, 5.74) is 1.19. The fraction of sp³-hybridized carbons (Fsp3) is 0.844. The molecule has 0 saturated carbocycles. The van der Waals surface area contributed by atoms with Gasteiger partial charge in [0.25, 0.3) is 0 Å². The van der Waals surface area contributed by atoms with Crippen LogP contribution in [0.25, 0.3) is 0 Å². The van der Waals surface area contributed by atoms with E-state index in [-0.39, 0.29) is 11.9 Å². The number of hydrogen-bond acceptors (Lipinski definition) is 6. The van der Waals surface area contributed by atoms with Crippen molar-refractivity contribution in [3.05, 3.63) is 24.5 Å². The topological polar surface area (TPSA) is 68.7 Å². The quantitative estimate of drug-likeness (QED) is 0.0505. The van der Waals surface area contributed by atoms with Crippen molar-refractivity contribution >= 4 is 17.6 Å². The number of carbonyl (C=O) groups excluding carboxylic acids is 2. The SMILES string of the molecule is CCCCCCC(CCCCCC)COC(=O)CCCCCN(CCCCCC(=O)OCC(CCCCCC)CCCCCC)c1ccncc1. The minimum absolute atomic E-state index is 0.0268. The van der Waals surface area contributed by atoms with Crippen LogP contribution >= 0.6 is 0 Å². The van der Waals surface area contributed by atoms with Crippen LogP contribution in [0.2, 0.25) is 0 Å². The Balaban J connectivity index is 2.36. The molecule has 0 saturated heterocycles. The van der Waals surface area contributed by atoms with E-state index in [1.54, 1.807) is 0 Å². The second-order valence-corrected chi connectivity index (χ2v) is 15.3. The number of ether oxygens (including phenoxy) is 2. The van der Waals surface area contributed by atoms with Crippen LogP contribution in [-0.4, -0.2) is 43.2 Å². The van der Waals surface area contributed by atoms with Crippen molar-refractivity contribution in [1.29, 1.82) is 0 Å². The summed E-state index contributed by atoms with van der Waals surface area (Å²) in [6.07, 6.45) is 35.8. The van der Waals surface area contributed by atoms with Gasteiger partial charge in [-0.3, -0.25) is 14.6 Å². The van der Waals surface area contributed by atoms with Gasteiger partial charge in [-0.05, 0) is 75.3 Å². The zero-order valence-electron chi connectivity index (χ0n) is 34.1. The Morgan fingerprint density at radius 2 is 0.863 bits per heavy atom. The highest BCUT2D eigenvalue weighted by Gasteiger charge is 2.14. The fourth-order valence-electron chi connectivity index (χ4n) is 7.05. The van der Waals surface area contributed by atoms with E-state index in [2.05, 4.69) is 49.7 Å². The van der Waals surface area contributed by atoms with Crippen molar-refractivity contribution < 1.29 is 19.1 Å².